The Hall–Kier alpha value is -2.38. The van der Waals surface area contributed by atoms with Crippen molar-refractivity contribution in [2.24, 2.45) is 5.41 Å². The summed E-state index contributed by atoms with van der Waals surface area (Å²) in [5, 5.41) is 4.28. The molecule has 1 aliphatic carbocycles. The van der Waals surface area contributed by atoms with Crippen LogP contribution in [0.4, 0.5) is 18.9 Å². The number of pyridine rings is 1. The van der Waals surface area contributed by atoms with Crippen LogP contribution in [0.5, 0.6) is 0 Å². The fourth-order valence-electron chi connectivity index (χ4n) is 4.74. The molecule has 1 saturated carbocycles. The summed E-state index contributed by atoms with van der Waals surface area (Å²) in [7, 11) is 0. The Balaban J connectivity index is 1.66. The SMILES string of the molecule is C=CC1(Cc2nc(-c3ccc(N4CCCC4)cn3)nn2C(C)C(F)(F)F)CCCCC1. The molecule has 31 heavy (non-hydrogen) atoms. The Morgan fingerprint density at radius 1 is 1.13 bits per heavy atom. The largest absolute Gasteiger partial charge is 0.410 e. The lowest BCUT2D eigenvalue weighted by Crippen LogP contribution is -2.30. The summed E-state index contributed by atoms with van der Waals surface area (Å²) in [6.07, 6.45) is 7.12. The number of rotatable bonds is 6. The molecular weight excluding hydrogens is 403 g/mol. The standard InChI is InChI=1S/C23H30F3N5/c1-3-22(11-5-4-6-12-22)15-20-28-21(29-31(20)17(2)23(24,25)26)19-10-9-18(16-27-19)30-13-7-8-14-30/h3,9-10,16-17H,1,4-8,11-15H2,2H3. The first-order chi connectivity index (χ1) is 14.8. The zero-order valence-corrected chi connectivity index (χ0v) is 18.0. The van der Waals surface area contributed by atoms with Gasteiger partial charge in [0.05, 0.1) is 11.9 Å². The maximum Gasteiger partial charge on any atom is 0.410 e. The lowest BCUT2D eigenvalue weighted by Gasteiger charge is -2.34. The topological polar surface area (TPSA) is 46.8 Å². The van der Waals surface area contributed by atoms with Gasteiger partial charge in [-0.25, -0.2) is 9.67 Å². The Morgan fingerprint density at radius 2 is 1.84 bits per heavy atom. The average Bonchev–Trinajstić information content (AvgIpc) is 3.44. The molecule has 0 aromatic carbocycles. The molecule has 1 aliphatic heterocycles. The highest BCUT2D eigenvalue weighted by Gasteiger charge is 2.41. The van der Waals surface area contributed by atoms with Crippen LogP contribution in [-0.4, -0.2) is 39.0 Å². The summed E-state index contributed by atoms with van der Waals surface area (Å²) in [6.45, 7) is 7.13. The molecule has 4 rings (SSSR count). The summed E-state index contributed by atoms with van der Waals surface area (Å²) in [5.41, 5.74) is 1.30. The Bertz CT molecular complexity index is 891. The predicted octanol–water partition coefficient (Wildman–Crippen LogP) is 5.74. The van der Waals surface area contributed by atoms with Crippen LogP contribution in [-0.2, 0) is 6.42 Å². The van der Waals surface area contributed by atoms with Gasteiger partial charge >= 0.3 is 6.18 Å². The van der Waals surface area contributed by atoms with Crippen LogP contribution in [0.2, 0.25) is 0 Å². The minimum atomic E-state index is -4.40. The monoisotopic (exact) mass is 433 g/mol. The van der Waals surface area contributed by atoms with Crippen LogP contribution in [0.3, 0.4) is 0 Å². The van der Waals surface area contributed by atoms with Crippen LogP contribution < -0.4 is 4.90 Å². The lowest BCUT2D eigenvalue weighted by atomic mass is 9.72. The maximum atomic E-state index is 13.6. The first-order valence-electron chi connectivity index (χ1n) is 11.2. The van der Waals surface area contributed by atoms with Gasteiger partial charge in [0.25, 0.3) is 0 Å². The van der Waals surface area contributed by atoms with E-state index in [0.717, 1.165) is 75.3 Å². The predicted molar refractivity (Wildman–Crippen MR) is 115 cm³/mol. The fraction of sp³-hybridized carbons (Fsp3) is 0.609. The zero-order chi connectivity index (χ0) is 22.1. The van der Waals surface area contributed by atoms with Crippen LogP contribution in [0.15, 0.2) is 31.0 Å². The second-order valence-electron chi connectivity index (χ2n) is 8.91. The van der Waals surface area contributed by atoms with Gasteiger partial charge in [0.15, 0.2) is 5.82 Å². The van der Waals surface area contributed by atoms with Crippen molar-refractivity contribution in [3.63, 3.8) is 0 Å². The van der Waals surface area contributed by atoms with Crippen LogP contribution in [0.1, 0.15) is 63.7 Å². The van der Waals surface area contributed by atoms with E-state index < -0.39 is 12.2 Å². The van der Waals surface area contributed by atoms with Gasteiger partial charge in [0, 0.05) is 19.5 Å². The molecule has 1 saturated heterocycles. The summed E-state index contributed by atoms with van der Waals surface area (Å²) < 4.78 is 41.8. The van der Waals surface area contributed by atoms with E-state index >= 15 is 0 Å². The van der Waals surface area contributed by atoms with Gasteiger partial charge < -0.3 is 4.90 Å². The van der Waals surface area contributed by atoms with E-state index in [4.69, 9.17) is 0 Å². The minimum Gasteiger partial charge on any atom is -0.370 e. The molecular formula is C23H30F3N5. The van der Waals surface area contributed by atoms with E-state index in [2.05, 4.69) is 26.5 Å². The molecule has 0 N–H and O–H groups in total. The molecule has 2 aliphatic rings. The van der Waals surface area contributed by atoms with E-state index in [1.54, 1.807) is 12.3 Å². The first-order valence-corrected chi connectivity index (χ1v) is 11.2. The van der Waals surface area contributed by atoms with Crippen LogP contribution in [0.25, 0.3) is 11.5 Å². The second kappa shape index (κ2) is 8.63. The quantitative estimate of drug-likeness (QED) is 0.545. The number of aromatic nitrogens is 4. The number of anilines is 1. The molecule has 168 valence electrons. The van der Waals surface area contributed by atoms with Crippen molar-refractivity contribution in [3.05, 3.63) is 36.8 Å². The normalized spacial score (nSPS) is 20.1. The van der Waals surface area contributed by atoms with Crippen molar-refractivity contribution in [3.8, 4) is 11.5 Å². The minimum absolute atomic E-state index is 0.224. The van der Waals surface area contributed by atoms with E-state index in [0.29, 0.717) is 17.9 Å². The van der Waals surface area contributed by atoms with Gasteiger partial charge in [-0.05, 0) is 50.2 Å². The lowest BCUT2D eigenvalue weighted by molar-refractivity contribution is -0.166. The molecule has 2 aromatic heterocycles. The number of hydrogen-bond acceptors (Lipinski definition) is 4. The number of halogens is 3. The van der Waals surface area contributed by atoms with Gasteiger partial charge in [-0.1, -0.05) is 25.3 Å². The molecule has 8 heteroatoms. The van der Waals surface area contributed by atoms with Gasteiger partial charge in [-0.3, -0.25) is 4.98 Å². The number of hydrogen-bond donors (Lipinski definition) is 0. The van der Waals surface area contributed by atoms with Crippen molar-refractivity contribution in [1.29, 1.82) is 0 Å². The second-order valence-corrected chi connectivity index (χ2v) is 8.91. The Labute approximate surface area is 181 Å². The summed E-state index contributed by atoms with van der Waals surface area (Å²) >= 11 is 0. The maximum absolute atomic E-state index is 13.6. The van der Waals surface area contributed by atoms with E-state index in [-0.39, 0.29) is 11.2 Å². The zero-order valence-electron chi connectivity index (χ0n) is 18.0. The number of allylic oxidation sites excluding steroid dienone is 1. The first kappa shape index (κ1) is 21.8. The molecule has 3 heterocycles. The van der Waals surface area contributed by atoms with Gasteiger partial charge in [0.2, 0.25) is 0 Å². The van der Waals surface area contributed by atoms with Gasteiger partial charge in [0.1, 0.15) is 17.6 Å². The third kappa shape index (κ3) is 4.62. The van der Waals surface area contributed by atoms with Crippen molar-refractivity contribution in [2.45, 2.75) is 70.5 Å². The summed E-state index contributed by atoms with van der Waals surface area (Å²) in [5.74, 6) is 0.598. The Morgan fingerprint density at radius 3 is 2.42 bits per heavy atom. The highest BCUT2D eigenvalue weighted by Crippen LogP contribution is 2.41. The highest BCUT2D eigenvalue weighted by molar-refractivity contribution is 5.55. The summed E-state index contributed by atoms with van der Waals surface area (Å²) in [4.78, 5) is 11.3. The fourth-order valence-corrected chi connectivity index (χ4v) is 4.74. The van der Waals surface area contributed by atoms with E-state index in [9.17, 15) is 13.2 Å². The molecule has 0 amide bonds. The molecule has 1 atom stereocenters. The number of nitrogens with zero attached hydrogens (tertiary/aromatic N) is 5. The van der Waals surface area contributed by atoms with Gasteiger partial charge in [-0.15, -0.1) is 11.7 Å². The van der Waals surface area contributed by atoms with Crippen molar-refractivity contribution in [2.75, 3.05) is 18.0 Å². The molecule has 5 nitrogen and oxygen atoms in total. The van der Waals surface area contributed by atoms with Crippen LogP contribution in [0, 0.1) is 5.41 Å². The van der Waals surface area contributed by atoms with Crippen molar-refractivity contribution in [1.82, 2.24) is 19.7 Å². The molecule has 2 fully saturated rings. The van der Waals surface area contributed by atoms with E-state index in [1.807, 2.05) is 12.1 Å². The number of alkyl halides is 3. The highest BCUT2D eigenvalue weighted by atomic mass is 19.4. The molecule has 0 bridgehead atoms. The van der Waals surface area contributed by atoms with Crippen LogP contribution >= 0.6 is 0 Å². The summed E-state index contributed by atoms with van der Waals surface area (Å²) in [6, 6.07) is 2.00. The average molecular weight is 434 g/mol. The molecule has 0 radical (unpaired) electrons. The van der Waals surface area contributed by atoms with Crippen molar-refractivity contribution >= 4 is 5.69 Å². The Kier molecular flexibility index (Phi) is 6.08. The van der Waals surface area contributed by atoms with Gasteiger partial charge in [-0.2, -0.15) is 13.2 Å². The smallest absolute Gasteiger partial charge is 0.370 e. The molecule has 1 unspecified atom stereocenters. The third-order valence-corrected chi connectivity index (χ3v) is 6.78. The van der Waals surface area contributed by atoms with E-state index in [1.165, 1.54) is 0 Å². The van der Waals surface area contributed by atoms with Crippen molar-refractivity contribution < 1.29 is 13.2 Å². The molecule has 2 aromatic rings. The third-order valence-electron chi connectivity index (χ3n) is 6.78. The molecule has 0 spiro atoms.